The molecular weight excluding hydrogens is 418 g/mol. The van der Waals surface area contributed by atoms with Crippen LogP contribution in [0.4, 0.5) is 0 Å². The Morgan fingerprint density at radius 3 is 1.55 bits per heavy atom. The number of amides is 2. The zero-order valence-electron chi connectivity index (χ0n) is 23.5. The zero-order chi connectivity index (χ0) is 26.6. The molecular formula is C26H49N3O4. The molecule has 7 nitrogen and oxygen atoms in total. The van der Waals surface area contributed by atoms with E-state index in [2.05, 4.69) is 32.6 Å². The van der Waals surface area contributed by atoms with E-state index in [9.17, 15) is 19.2 Å². The highest BCUT2D eigenvalue weighted by molar-refractivity contribution is 5.84. The number of rotatable bonds is 13. The molecule has 0 fully saturated rings. The summed E-state index contributed by atoms with van der Waals surface area (Å²) in [6, 6.07) is 0. The van der Waals surface area contributed by atoms with Crippen LogP contribution in [-0.4, -0.2) is 82.9 Å². The Balaban J connectivity index is 5.88. The molecule has 0 aliphatic carbocycles. The van der Waals surface area contributed by atoms with Crippen molar-refractivity contribution in [3.05, 3.63) is 0 Å². The average Bonchev–Trinajstić information content (AvgIpc) is 2.55. The lowest BCUT2D eigenvalue weighted by molar-refractivity contribution is -0.143. The van der Waals surface area contributed by atoms with Crippen LogP contribution in [0.5, 0.6) is 0 Å². The van der Waals surface area contributed by atoms with E-state index < -0.39 is 11.0 Å². The molecule has 0 N–H and O–H groups in total. The number of carbonyl (C=O) groups excluding carboxylic acids is 4. The molecule has 0 rings (SSSR count). The van der Waals surface area contributed by atoms with Gasteiger partial charge in [-0.25, -0.2) is 0 Å². The van der Waals surface area contributed by atoms with E-state index in [1.54, 1.807) is 32.8 Å². The minimum absolute atomic E-state index is 0.0286. The maximum absolute atomic E-state index is 12.5. The van der Waals surface area contributed by atoms with Crippen LogP contribution < -0.4 is 0 Å². The number of carbonyl (C=O) groups is 4. The summed E-state index contributed by atoms with van der Waals surface area (Å²) in [5.74, 6) is -0.0703. The van der Waals surface area contributed by atoms with E-state index >= 15 is 0 Å². The van der Waals surface area contributed by atoms with E-state index in [1.165, 1.54) is 11.8 Å². The highest BCUT2D eigenvalue weighted by Gasteiger charge is 2.41. The molecule has 0 saturated heterocycles. The highest BCUT2D eigenvalue weighted by Crippen LogP contribution is 2.38. The summed E-state index contributed by atoms with van der Waals surface area (Å²) in [5, 5.41) is 0. The number of nitrogens with zero attached hydrogens (tertiary/aromatic N) is 3. The molecule has 0 saturated carbocycles. The molecule has 0 aliphatic rings. The van der Waals surface area contributed by atoms with Gasteiger partial charge in [0, 0.05) is 44.1 Å². The first kappa shape index (κ1) is 31.2. The summed E-state index contributed by atoms with van der Waals surface area (Å²) in [7, 11) is 3.36. The fourth-order valence-corrected chi connectivity index (χ4v) is 4.94. The minimum Gasteiger partial charge on any atom is -0.347 e. The summed E-state index contributed by atoms with van der Waals surface area (Å²) in [6.45, 7) is 21.9. The molecule has 2 amide bonds. The molecule has 0 radical (unpaired) electrons. The lowest BCUT2D eigenvalue weighted by Gasteiger charge is -2.48. The van der Waals surface area contributed by atoms with Crippen molar-refractivity contribution in [1.82, 2.24) is 14.7 Å². The number of hydrogen-bond donors (Lipinski definition) is 0. The van der Waals surface area contributed by atoms with Crippen LogP contribution in [-0.2, 0) is 19.2 Å². The Bertz CT molecular complexity index is 736. The molecule has 0 spiro atoms. The second-order valence-corrected chi connectivity index (χ2v) is 12.5. The maximum Gasteiger partial charge on any atom is 0.241 e. The highest BCUT2D eigenvalue weighted by atomic mass is 16.2. The van der Waals surface area contributed by atoms with Gasteiger partial charge in [0.05, 0.1) is 6.54 Å². The first-order chi connectivity index (χ1) is 14.5. The summed E-state index contributed by atoms with van der Waals surface area (Å²) >= 11 is 0. The minimum atomic E-state index is -0.564. The van der Waals surface area contributed by atoms with Crippen molar-refractivity contribution < 1.29 is 19.2 Å². The first-order valence-corrected chi connectivity index (χ1v) is 11.8. The monoisotopic (exact) mass is 467 g/mol. The Labute approximate surface area is 202 Å². The summed E-state index contributed by atoms with van der Waals surface area (Å²) in [5.41, 5.74) is -1.72. The van der Waals surface area contributed by atoms with E-state index in [-0.39, 0.29) is 40.9 Å². The van der Waals surface area contributed by atoms with Crippen LogP contribution in [0.3, 0.4) is 0 Å². The predicted octanol–water partition coefficient (Wildman–Crippen LogP) is 3.79. The smallest absolute Gasteiger partial charge is 0.241 e. The van der Waals surface area contributed by atoms with Gasteiger partial charge in [0.1, 0.15) is 18.1 Å². The average molecular weight is 468 g/mol. The second-order valence-electron chi connectivity index (χ2n) is 12.5. The van der Waals surface area contributed by atoms with Gasteiger partial charge in [0.25, 0.3) is 0 Å². The molecule has 0 bridgehead atoms. The van der Waals surface area contributed by atoms with Crippen LogP contribution in [0, 0.1) is 10.8 Å². The van der Waals surface area contributed by atoms with E-state index in [0.29, 0.717) is 25.9 Å². The number of Topliss-reactive ketones (excluding diaryl/α,β-unsaturated/α-hetero) is 2. The third-order valence-electron chi connectivity index (χ3n) is 6.53. The van der Waals surface area contributed by atoms with Crippen LogP contribution in [0.2, 0.25) is 0 Å². The molecule has 0 aromatic rings. The molecule has 192 valence electrons. The molecule has 0 unspecified atom stereocenters. The fourth-order valence-electron chi connectivity index (χ4n) is 4.94. The lowest BCUT2D eigenvalue weighted by atomic mass is 9.74. The van der Waals surface area contributed by atoms with Gasteiger partial charge in [-0.1, -0.05) is 27.7 Å². The van der Waals surface area contributed by atoms with Crippen molar-refractivity contribution in [2.45, 2.75) is 100 Å². The van der Waals surface area contributed by atoms with Crippen molar-refractivity contribution >= 4 is 23.4 Å². The predicted molar refractivity (Wildman–Crippen MR) is 134 cm³/mol. The largest absolute Gasteiger partial charge is 0.347 e. The van der Waals surface area contributed by atoms with Gasteiger partial charge in [-0.3, -0.25) is 24.1 Å². The van der Waals surface area contributed by atoms with Gasteiger partial charge in [-0.15, -0.1) is 0 Å². The maximum atomic E-state index is 12.5. The van der Waals surface area contributed by atoms with Crippen molar-refractivity contribution in [2.24, 2.45) is 10.8 Å². The Morgan fingerprint density at radius 2 is 1.18 bits per heavy atom. The summed E-state index contributed by atoms with van der Waals surface area (Å²) < 4.78 is 0. The Kier molecular flexibility index (Phi) is 10.5. The van der Waals surface area contributed by atoms with Gasteiger partial charge in [-0.05, 0) is 59.8 Å². The molecule has 0 aliphatic heterocycles. The lowest BCUT2D eigenvalue weighted by Crippen LogP contribution is -2.56. The van der Waals surface area contributed by atoms with Gasteiger partial charge in [-0.2, -0.15) is 0 Å². The molecule has 0 heterocycles. The van der Waals surface area contributed by atoms with Crippen LogP contribution in [0.1, 0.15) is 89.0 Å². The van der Waals surface area contributed by atoms with Crippen molar-refractivity contribution in [3.63, 3.8) is 0 Å². The summed E-state index contributed by atoms with van der Waals surface area (Å²) in [6.07, 6.45) is 1.26. The number of ketones is 2. The third kappa shape index (κ3) is 9.95. The second kappa shape index (κ2) is 11.1. The molecule has 0 aromatic carbocycles. The van der Waals surface area contributed by atoms with E-state index in [0.717, 1.165) is 0 Å². The molecule has 33 heavy (non-hydrogen) atoms. The topological polar surface area (TPSA) is 78.0 Å². The van der Waals surface area contributed by atoms with Crippen LogP contribution in [0.15, 0.2) is 0 Å². The van der Waals surface area contributed by atoms with Gasteiger partial charge >= 0.3 is 0 Å². The quantitative estimate of drug-likeness (QED) is 0.412. The zero-order valence-corrected chi connectivity index (χ0v) is 23.5. The van der Waals surface area contributed by atoms with E-state index in [4.69, 9.17) is 0 Å². The van der Waals surface area contributed by atoms with Gasteiger partial charge in [0.15, 0.2) is 0 Å². The first-order valence-electron chi connectivity index (χ1n) is 11.8. The standard InChI is InChI=1S/C26H49N3O4/c1-19(30)14-28(25(8,9)17-24(6,7)20(2)31)18-23(4,5)16-26(10,11)29(21(3)32)15-22(33)27(12)13/h14-18H2,1-13H3. The third-order valence-corrected chi connectivity index (χ3v) is 6.53. The molecule has 0 atom stereocenters. The Morgan fingerprint density at radius 1 is 0.697 bits per heavy atom. The van der Waals surface area contributed by atoms with E-state index in [1.807, 2.05) is 27.7 Å². The normalized spacial score (nSPS) is 13.2. The number of likely N-dealkylation sites (N-methyl/N-ethyl adjacent to an activating group) is 1. The Hall–Kier alpha value is -1.76. The SMILES string of the molecule is CC(=O)CN(CC(C)(C)CC(C)(C)N(CC(=O)N(C)C)C(C)=O)C(C)(C)CC(C)(C)C(C)=O. The van der Waals surface area contributed by atoms with Crippen LogP contribution >= 0.6 is 0 Å². The van der Waals surface area contributed by atoms with Gasteiger partial charge < -0.3 is 9.80 Å². The van der Waals surface area contributed by atoms with Gasteiger partial charge in [0.2, 0.25) is 11.8 Å². The molecule has 0 aromatic heterocycles. The van der Waals surface area contributed by atoms with Crippen molar-refractivity contribution in [2.75, 3.05) is 33.7 Å². The number of hydrogen-bond acceptors (Lipinski definition) is 5. The van der Waals surface area contributed by atoms with Crippen LogP contribution in [0.25, 0.3) is 0 Å². The summed E-state index contributed by atoms with van der Waals surface area (Å²) in [4.78, 5) is 54.4. The fraction of sp³-hybridized carbons (Fsp3) is 0.846. The van der Waals surface area contributed by atoms with Crippen molar-refractivity contribution in [1.29, 1.82) is 0 Å². The molecule has 7 heteroatoms. The van der Waals surface area contributed by atoms with Crippen molar-refractivity contribution in [3.8, 4) is 0 Å².